The average molecular weight is 745 g/mol. The zero-order valence-electron chi connectivity index (χ0n) is 26.5. The van der Waals surface area contributed by atoms with Crippen LogP contribution in [0.3, 0.4) is 0 Å². The Hall–Kier alpha value is -4.93. The Morgan fingerprint density at radius 2 is 1.53 bits per heavy atom. The predicted molar refractivity (Wildman–Crippen MR) is 195 cm³/mol. The maximum absolute atomic E-state index is 16.7. The fourth-order valence-corrected chi connectivity index (χ4v) is 8.71. The van der Waals surface area contributed by atoms with Crippen molar-refractivity contribution in [3.8, 4) is 0 Å². The van der Waals surface area contributed by atoms with Crippen LogP contribution in [-0.2, 0) is 25.8 Å². The molecule has 0 fully saturated rings. The second kappa shape index (κ2) is 11.0. The molecule has 9 aromatic rings. The molecule has 0 saturated carbocycles. The molecule has 238 valence electrons. The summed E-state index contributed by atoms with van der Waals surface area (Å²) in [5.41, 5.74) is 6.52. The first-order valence-electron chi connectivity index (χ1n) is 16.0. The van der Waals surface area contributed by atoms with Crippen LogP contribution in [-0.4, -0.2) is 14.4 Å². The van der Waals surface area contributed by atoms with Crippen LogP contribution in [0, 0.1) is 12.1 Å². The van der Waals surface area contributed by atoms with Crippen molar-refractivity contribution in [2.75, 3.05) is 4.90 Å². The van der Waals surface area contributed by atoms with Gasteiger partial charge < -0.3 is 9.30 Å². The summed E-state index contributed by atoms with van der Waals surface area (Å²) >= 11 is 1.82. The molecule has 5 heterocycles. The summed E-state index contributed by atoms with van der Waals surface area (Å²) in [6.07, 6.45) is 4.11. The number of para-hydroxylation sites is 1. The minimum Gasteiger partial charge on any atom is -0.340 e. The molecule has 0 spiro atoms. The zero-order valence-corrected chi connectivity index (χ0v) is 28.9. The number of aromatic nitrogens is 3. The van der Waals surface area contributed by atoms with Gasteiger partial charge in [0, 0.05) is 55.3 Å². The number of rotatable bonds is 3. The number of hydrogen-bond acceptors (Lipinski definition) is 4. The topological polar surface area (TPSA) is 33.4 Å². The van der Waals surface area contributed by atoms with E-state index in [2.05, 4.69) is 90.5 Å². The molecule has 5 aromatic carbocycles. The Morgan fingerprint density at radius 1 is 0.714 bits per heavy atom. The van der Waals surface area contributed by atoms with Crippen LogP contribution >= 0.6 is 11.3 Å². The van der Waals surface area contributed by atoms with Crippen molar-refractivity contribution in [1.82, 2.24) is 14.4 Å². The van der Waals surface area contributed by atoms with Crippen molar-refractivity contribution in [3.63, 3.8) is 0 Å². The molecule has 7 heteroatoms. The van der Waals surface area contributed by atoms with Crippen molar-refractivity contribution < 1.29 is 24.8 Å². The SMILES string of the molecule is CC1(C)c2cc3sc4ccccc4c3cc2N(c2[c-]c(C(F)c3[c-]c4c(cc3)c3ccccc3n3ccnc43)ccc2)c2ncccc21.[Pd+2]. The van der Waals surface area contributed by atoms with Gasteiger partial charge in [-0.15, -0.1) is 41.2 Å². The van der Waals surface area contributed by atoms with E-state index in [4.69, 9.17) is 4.98 Å². The molecule has 1 unspecified atom stereocenters. The Labute approximate surface area is 300 Å². The molecule has 0 saturated heterocycles. The van der Waals surface area contributed by atoms with Gasteiger partial charge in [-0.3, -0.25) is 4.98 Å². The van der Waals surface area contributed by atoms with E-state index in [1.165, 1.54) is 25.7 Å². The summed E-state index contributed by atoms with van der Waals surface area (Å²) in [4.78, 5) is 11.7. The van der Waals surface area contributed by atoms with Gasteiger partial charge in [0.15, 0.2) is 0 Å². The summed E-state index contributed by atoms with van der Waals surface area (Å²) in [6.45, 7) is 4.52. The Morgan fingerprint density at radius 3 is 2.43 bits per heavy atom. The maximum atomic E-state index is 16.7. The first kappa shape index (κ1) is 30.2. The third-order valence-corrected chi connectivity index (χ3v) is 11.1. The molecule has 4 aromatic heterocycles. The summed E-state index contributed by atoms with van der Waals surface area (Å²) in [5.74, 6) is 0.837. The van der Waals surface area contributed by atoms with Crippen LogP contribution in [0.2, 0.25) is 0 Å². The normalized spacial score (nSPS) is 14.3. The van der Waals surface area contributed by atoms with Crippen molar-refractivity contribution in [1.29, 1.82) is 0 Å². The van der Waals surface area contributed by atoms with E-state index >= 15 is 4.39 Å². The number of fused-ring (bicyclic) bond motifs is 11. The molecule has 0 amide bonds. The molecule has 0 bridgehead atoms. The summed E-state index contributed by atoms with van der Waals surface area (Å²) < 4.78 is 21.3. The third kappa shape index (κ3) is 4.36. The number of alkyl halides is 1. The van der Waals surface area contributed by atoms with Crippen LogP contribution in [0.1, 0.15) is 42.3 Å². The van der Waals surface area contributed by atoms with Gasteiger partial charge in [0.25, 0.3) is 0 Å². The third-order valence-electron chi connectivity index (χ3n) is 9.96. The second-order valence-corrected chi connectivity index (χ2v) is 14.1. The molecule has 0 aliphatic carbocycles. The zero-order chi connectivity index (χ0) is 32.1. The van der Waals surface area contributed by atoms with Gasteiger partial charge in [0.2, 0.25) is 0 Å². The number of imidazole rings is 1. The fraction of sp³-hybridized carbons (Fsp3) is 0.0952. The summed E-state index contributed by atoms with van der Waals surface area (Å²) in [6, 6.07) is 42.0. The average Bonchev–Trinajstić information content (AvgIpc) is 3.77. The van der Waals surface area contributed by atoms with Crippen LogP contribution in [0.25, 0.3) is 47.5 Å². The van der Waals surface area contributed by atoms with E-state index in [0.717, 1.165) is 50.1 Å². The first-order chi connectivity index (χ1) is 23.5. The molecule has 0 radical (unpaired) electrons. The van der Waals surface area contributed by atoms with Gasteiger partial charge in [0.05, 0.1) is 11.3 Å². The van der Waals surface area contributed by atoms with Crippen molar-refractivity contribution in [3.05, 3.63) is 156 Å². The monoisotopic (exact) mass is 744 g/mol. The van der Waals surface area contributed by atoms with Crippen molar-refractivity contribution in [2.24, 2.45) is 0 Å². The van der Waals surface area contributed by atoms with Crippen LogP contribution in [0.4, 0.5) is 21.6 Å². The largest absolute Gasteiger partial charge is 2.00 e. The Balaban J connectivity index is 0.00000325. The molecule has 1 aliphatic heterocycles. The summed E-state index contributed by atoms with van der Waals surface area (Å²) in [7, 11) is 0. The molecule has 1 atom stereocenters. The summed E-state index contributed by atoms with van der Waals surface area (Å²) in [5, 5.41) is 5.32. The minimum absolute atomic E-state index is 0. The molecule has 49 heavy (non-hydrogen) atoms. The van der Waals surface area contributed by atoms with E-state index in [-0.39, 0.29) is 25.8 Å². The molecule has 0 N–H and O–H groups in total. The number of halogens is 1. The van der Waals surface area contributed by atoms with Gasteiger partial charge in [-0.05, 0) is 41.3 Å². The van der Waals surface area contributed by atoms with E-state index in [9.17, 15) is 0 Å². The van der Waals surface area contributed by atoms with E-state index in [0.29, 0.717) is 11.1 Å². The maximum Gasteiger partial charge on any atom is 2.00 e. The standard InChI is InChI=1S/C42H27FN4S.Pd/c1-42(2)33-13-8-18-44-41(33)47(36-23-31-30-12-4-6-15-37(30)48-38(31)24-34(36)42)27-10-7-9-25(21-27)39(43)26-16-17-28-29-11-3-5-14-35(29)46-20-19-45-40(46)32(28)22-26;/h3-20,23-24,39H,1-2H3;/q-2;+2. The van der Waals surface area contributed by atoms with Gasteiger partial charge in [0.1, 0.15) is 12.0 Å². The van der Waals surface area contributed by atoms with Crippen molar-refractivity contribution >= 4 is 76.0 Å². The Kier molecular flexibility index (Phi) is 6.80. The van der Waals surface area contributed by atoms with Crippen molar-refractivity contribution in [2.45, 2.75) is 25.4 Å². The van der Waals surface area contributed by atoms with Gasteiger partial charge in [-0.1, -0.05) is 78.3 Å². The van der Waals surface area contributed by atoms with Gasteiger partial charge in [-0.2, -0.15) is 18.2 Å². The van der Waals surface area contributed by atoms with Gasteiger partial charge in [-0.25, -0.2) is 9.37 Å². The number of pyridine rings is 2. The number of nitrogens with zero attached hydrogens (tertiary/aromatic N) is 4. The number of thiophene rings is 1. The molecular weight excluding hydrogens is 718 g/mol. The number of anilines is 3. The smallest absolute Gasteiger partial charge is 0.340 e. The quantitative estimate of drug-likeness (QED) is 0.103. The van der Waals surface area contributed by atoms with E-state index in [1.54, 1.807) is 12.3 Å². The van der Waals surface area contributed by atoms with Crippen LogP contribution < -0.4 is 4.90 Å². The van der Waals surface area contributed by atoms with Gasteiger partial charge >= 0.3 is 20.4 Å². The fourth-order valence-electron chi connectivity index (χ4n) is 7.58. The molecule has 1 aliphatic rings. The number of hydrogen-bond donors (Lipinski definition) is 0. The second-order valence-electron chi connectivity index (χ2n) is 13.0. The first-order valence-corrected chi connectivity index (χ1v) is 16.9. The van der Waals surface area contributed by atoms with Crippen LogP contribution in [0.15, 0.2) is 122 Å². The Bertz CT molecular complexity index is 2760. The van der Waals surface area contributed by atoms with E-state index in [1.807, 2.05) is 70.6 Å². The minimum atomic E-state index is -1.44. The predicted octanol–water partition coefficient (Wildman–Crippen LogP) is 11.2. The molecule has 10 rings (SSSR count). The number of benzene rings is 5. The van der Waals surface area contributed by atoms with Crippen LogP contribution in [0.5, 0.6) is 0 Å². The molecule has 4 nitrogen and oxygen atoms in total. The molecular formula is C42H27FN4PdS. The van der Waals surface area contributed by atoms with E-state index < -0.39 is 6.17 Å².